The molecule has 0 heterocycles. The van der Waals surface area contributed by atoms with E-state index in [1.165, 1.54) is 0 Å². The summed E-state index contributed by atoms with van der Waals surface area (Å²) in [5.74, 6) is 0. The Morgan fingerprint density at radius 1 is 0.600 bits per heavy atom. The van der Waals surface area contributed by atoms with Gasteiger partial charge in [0.1, 0.15) is 0 Å². The van der Waals surface area contributed by atoms with Gasteiger partial charge in [0, 0.05) is 52.2 Å². The summed E-state index contributed by atoms with van der Waals surface area (Å²) in [4.78, 5) is 0. The van der Waals surface area contributed by atoms with Gasteiger partial charge in [0.15, 0.2) is 0 Å². The van der Waals surface area contributed by atoms with E-state index in [9.17, 15) is 0 Å². The maximum Gasteiger partial charge on any atom is 0.500 e. The molecule has 2 N–H and O–H groups in total. The largest absolute Gasteiger partial charge is 0.500 e. The van der Waals surface area contributed by atoms with E-state index in [1.807, 2.05) is 48.1 Å². The predicted molar refractivity (Wildman–Crippen MR) is 106 cm³/mol. The number of nitrogens with two attached hydrogens (primary N) is 1. The molecule has 0 aliphatic heterocycles. The first-order valence-electron chi connectivity index (χ1n) is 9.46. The molecule has 9 heteroatoms. The van der Waals surface area contributed by atoms with E-state index in [1.54, 1.807) is 0 Å². The van der Waals surface area contributed by atoms with Crippen LogP contribution in [0.5, 0.6) is 0 Å². The maximum atomic E-state index is 5.65. The van der Waals surface area contributed by atoms with Gasteiger partial charge in [-0.25, -0.2) is 0 Å². The Hall–Kier alpha value is 0.154. The van der Waals surface area contributed by atoms with Gasteiger partial charge in [0.05, 0.1) is 0 Å². The van der Waals surface area contributed by atoms with Crippen molar-refractivity contribution in [2.24, 2.45) is 5.73 Å². The lowest BCUT2D eigenvalue weighted by atomic mass is 10.5. The molecule has 0 saturated heterocycles. The minimum atomic E-state index is -2.40. The van der Waals surface area contributed by atoms with Crippen LogP contribution in [0.2, 0.25) is 12.6 Å². The Morgan fingerprint density at radius 3 is 1.16 bits per heavy atom. The zero-order valence-electron chi connectivity index (χ0n) is 17.4. The van der Waals surface area contributed by atoms with Crippen molar-refractivity contribution >= 4 is 17.6 Å². The second-order valence-electron chi connectivity index (χ2n) is 5.04. The molecule has 0 unspecified atom stereocenters. The molecule has 0 saturated carbocycles. The Morgan fingerprint density at radius 2 is 0.920 bits per heavy atom. The molecular weight excluding hydrogens is 358 g/mol. The van der Waals surface area contributed by atoms with Crippen molar-refractivity contribution in [1.82, 2.24) is 0 Å². The maximum absolute atomic E-state index is 5.65. The average Bonchev–Trinajstić information content (AvgIpc) is 2.55. The van der Waals surface area contributed by atoms with Crippen LogP contribution in [0.15, 0.2) is 0 Å². The van der Waals surface area contributed by atoms with E-state index in [2.05, 4.69) is 0 Å². The topological polar surface area (TPSA) is 81.4 Å². The van der Waals surface area contributed by atoms with Crippen molar-refractivity contribution < 1.29 is 26.6 Å². The summed E-state index contributed by atoms with van der Waals surface area (Å²) in [7, 11) is -4.65. The third-order valence-electron chi connectivity index (χ3n) is 3.00. The number of hydrogen-bond donors (Lipinski definition) is 1. The van der Waals surface area contributed by atoms with Gasteiger partial charge in [-0.3, -0.25) is 0 Å². The van der Waals surface area contributed by atoms with Crippen molar-refractivity contribution in [2.45, 2.75) is 60.6 Å². The summed E-state index contributed by atoms with van der Waals surface area (Å²) < 4.78 is 33.2. The molecule has 0 atom stereocenters. The molecule has 0 radical (unpaired) electrons. The summed E-state index contributed by atoms with van der Waals surface area (Å²) >= 11 is 0. The van der Waals surface area contributed by atoms with Crippen LogP contribution in [-0.4, -0.2) is 63.8 Å². The van der Waals surface area contributed by atoms with Crippen LogP contribution >= 0.6 is 0 Å². The Balaban J connectivity index is 0. The molecular formula is C16H41NO6Si2. The fourth-order valence-electron chi connectivity index (χ4n) is 2.23. The van der Waals surface area contributed by atoms with Crippen LogP contribution in [0.3, 0.4) is 0 Å². The van der Waals surface area contributed by atoms with E-state index in [-0.39, 0.29) is 0 Å². The quantitative estimate of drug-likeness (QED) is 0.424. The molecule has 0 amide bonds. The lowest BCUT2D eigenvalue weighted by molar-refractivity contribution is 0.0709. The summed E-state index contributed by atoms with van der Waals surface area (Å²) in [6, 6.07) is 0.818. The lowest BCUT2D eigenvalue weighted by Crippen LogP contribution is -2.46. The molecule has 154 valence electrons. The molecule has 0 aliphatic carbocycles. The average molecular weight is 400 g/mol. The lowest BCUT2D eigenvalue weighted by Gasteiger charge is -2.28. The predicted octanol–water partition coefficient (Wildman–Crippen LogP) is 3.05. The van der Waals surface area contributed by atoms with Crippen molar-refractivity contribution in [3.8, 4) is 0 Å². The van der Waals surface area contributed by atoms with Gasteiger partial charge < -0.3 is 32.3 Å². The number of hydrogen-bond acceptors (Lipinski definition) is 7. The first-order valence-corrected chi connectivity index (χ1v) is 13.6. The van der Waals surface area contributed by atoms with Gasteiger partial charge >= 0.3 is 17.6 Å². The minimum absolute atomic E-state index is 0.636. The zero-order valence-corrected chi connectivity index (χ0v) is 19.4. The van der Waals surface area contributed by atoms with Crippen molar-refractivity contribution in [3.63, 3.8) is 0 Å². The van der Waals surface area contributed by atoms with Crippen LogP contribution in [0.4, 0.5) is 0 Å². The van der Waals surface area contributed by atoms with E-state index in [0.717, 1.165) is 12.5 Å². The first kappa shape index (κ1) is 27.4. The molecule has 0 spiro atoms. The smallest absolute Gasteiger partial charge is 0.374 e. The van der Waals surface area contributed by atoms with Crippen LogP contribution in [-0.2, 0) is 26.6 Å². The van der Waals surface area contributed by atoms with Crippen molar-refractivity contribution in [3.05, 3.63) is 0 Å². The van der Waals surface area contributed by atoms with E-state index >= 15 is 0 Å². The van der Waals surface area contributed by atoms with Gasteiger partial charge in [-0.15, -0.1) is 0 Å². The molecule has 25 heavy (non-hydrogen) atoms. The van der Waals surface area contributed by atoms with E-state index in [4.69, 9.17) is 32.3 Å². The zero-order chi connectivity index (χ0) is 19.6. The van der Waals surface area contributed by atoms with Crippen molar-refractivity contribution in [2.75, 3.05) is 46.2 Å². The van der Waals surface area contributed by atoms with Gasteiger partial charge in [-0.2, -0.15) is 0 Å². The van der Waals surface area contributed by atoms with Crippen LogP contribution in [0.25, 0.3) is 0 Å². The van der Waals surface area contributed by atoms with Crippen molar-refractivity contribution in [1.29, 1.82) is 0 Å². The van der Waals surface area contributed by atoms with Gasteiger partial charge in [0.2, 0.25) is 0 Å². The SMILES string of the molecule is CCO[Si](C)(OCC)OCC.CCO[Si](CCCN)(OCC)OCC. The van der Waals surface area contributed by atoms with E-state index in [0.29, 0.717) is 46.2 Å². The van der Waals surface area contributed by atoms with Crippen LogP contribution in [0.1, 0.15) is 48.0 Å². The summed E-state index contributed by atoms with van der Waals surface area (Å²) in [6.45, 7) is 18.2. The highest BCUT2D eigenvalue weighted by atomic mass is 28.4. The second kappa shape index (κ2) is 17.6. The summed E-state index contributed by atoms with van der Waals surface area (Å²) in [5, 5.41) is 0. The molecule has 0 rings (SSSR count). The van der Waals surface area contributed by atoms with E-state index < -0.39 is 17.6 Å². The Labute approximate surface area is 157 Å². The molecule has 0 bridgehead atoms. The van der Waals surface area contributed by atoms with Gasteiger partial charge in [0.25, 0.3) is 0 Å². The number of rotatable bonds is 15. The minimum Gasteiger partial charge on any atom is -0.374 e. The molecule has 0 aromatic carbocycles. The normalized spacial score (nSPS) is 12.0. The Kier molecular flexibility index (Phi) is 19.2. The third-order valence-corrected chi connectivity index (χ3v) is 8.59. The highest BCUT2D eigenvalue weighted by Crippen LogP contribution is 2.17. The Bertz CT molecular complexity index is 253. The first-order chi connectivity index (χ1) is 11.9. The highest BCUT2D eigenvalue weighted by molar-refractivity contribution is 6.60. The highest BCUT2D eigenvalue weighted by Gasteiger charge is 2.39. The standard InChI is InChI=1S/C9H23NO3Si.C7H18O3Si/c1-4-11-14(12-5-2,13-6-3)9-7-8-10;1-5-8-11(4,9-6-2)10-7-3/h4-10H2,1-3H3;5-7H2,1-4H3. The van der Waals surface area contributed by atoms with Gasteiger partial charge in [-0.1, -0.05) is 0 Å². The fourth-order valence-corrected chi connectivity index (χ4v) is 6.69. The molecule has 7 nitrogen and oxygen atoms in total. The molecule has 0 fully saturated rings. The molecule has 0 aromatic heterocycles. The third kappa shape index (κ3) is 13.9. The fraction of sp³-hybridized carbons (Fsp3) is 1.00. The summed E-state index contributed by atoms with van der Waals surface area (Å²) in [5.41, 5.74) is 5.48. The monoisotopic (exact) mass is 399 g/mol. The molecule has 0 aromatic rings. The second-order valence-corrected chi connectivity index (χ2v) is 10.4. The van der Waals surface area contributed by atoms with Crippen LogP contribution < -0.4 is 5.73 Å². The summed E-state index contributed by atoms with van der Waals surface area (Å²) in [6.07, 6.45) is 0.895. The van der Waals surface area contributed by atoms with Gasteiger partial charge in [-0.05, 0) is 54.5 Å². The van der Waals surface area contributed by atoms with Crippen LogP contribution in [0, 0.1) is 0 Å². The molecule has 0 aliphatic rings.